The summed E-state index contributed by atoms with van der Waals surface area (Å²) in [5.41, 5.74) is 7.86. The molecule has 0 fully saturated rings. The fourth-order valence-corrected chi connectivity index (χ4v) is 1.83. The van der Waals surface area contributed by atoms with E-state index in [0.29, 0.717) is 16.3 Å². The Morgan fingerprint density at radius 3 is 2.68 bits per heavy atom. The van der Waals surface area contributed by atoms with E-state index in [0.717, 1.165) is 0 Å². The molecule has 7 heteroatoms. The van der Waals surface area contributed by atoms with Gasteiger partial charge in [-0.2, -0.15) is 5.10 Å². The Kier molecular flexibility index (Phi) is 5.11. The van der Waals surface area contributed by atoms with E-state index in [9.17, 15) is 9.59 Å². The van der Waals surface area contributed by atoms with Crippen molar-refractivity contribution < 1.29 is 14.3 Å². The Hall–Kier alpha value is -2.86. The molecule has 22 heavy (non-hydrogen) atoms. The van der Waals surface area contributed by atoms with Crippen molar-refractivity contribution in [3.63, 3.8) is 0 Å². The molecule has 2 amide bonds. The van der Waals surface area contributed by atoms with Crippen molar-refractivity contribution in [2.45, 2.75) is 0 Å². The molecule has 0 saturated carbocycles. The van der Waals surface area contributed by atoms with Crippen molar-refractivity contribution in [1.29, 1.82) is 0 Å². The molecule has 0 aromatic heterocycles. The third-order valence-corrected chi connectivity index (χ3v) is 2.88. The second-order valence-electron chi connectivity index (χ2n) is 4.18. The fraction of sp³-hybridized carbons (Fsp3) is 0. The molecule has 0 unspecified atom stereocenters. The van der Waals surface area contributed by atoms with Crippen LogP contribution < -0.4 is 15.9 Å². The Balaban J connectivity index is 2.10. The molecule has 3 N–H and O–H groups in total. The van der Waals surface area contributed by atoms with E-state index in [1.54, 1.807) is 48.5 Å². The number of halogens is 1. The van der Waals surface area contributed by atoms with Crippen molar-refractivity contribution in [3.8, 4) is 5.75 Å². The molecule has 0 aliphatic carbocycles. The van der Waals surface area contributed by atoms with Crippen LogP contribution in [0, 0.1) is 0 Å². The zero-order chi connectivity index (χ0) is 15.9. The quantitative estimate of drug-likeness (QED) is 0.393. The van der Waals surface area contributed by atoms with Gasteiger partial charge in [0.1, 0.15) is 5.75 Å². The van der Waals surface area contributed by atoms with Gasteiger partial charge < -0.3 is 10.5 Å². The molecule has 0 aliphatic heterocycles. The molecule has 0 atom stereocenters. The monoisotopic (exact) mass is 317 g/mol. The van der Waals surface area contributed by atoms with Crippen molar-refractivity contribution in [2.24, 2.45) is 10.8 Å². The van der Waals surface area contributed by atoms with Gasteiger partial charge in [0.05, 0.1) is 16.8 Å². The van der Waals surface area contributed by atoms with Crippen molar-refractivity contribution in [2.75, 3.05) is 0 Å². The number of carbonyl (C=O) groups excluding carboxylic acids is 2. The average molecular weight is 318 g/mol. The maximum absolute atomic E-state index is 12.0. The smallest absolute Gasteiger partial charge is 0.345 e. The lowest BCUT2D eigenvalue weighted by Crippen LogP contribution is -2.24. The zero-order valence-corrected chi connectivity index (χ0v) is 12.1. The summed E-state index contributed by atoms with van der Waals surface area (Å²) in [7, 11) is 0. The molecule has 0 heterocycles. The average Bonchev–Trinajstić information content (AvgIpc) is 2.47. The number of hydrogen-bond acceptors (Lipinski definition) is 4. The first-order valence-corrected chi connectivity index (χ1v) is 6.59. The van der Waals surface area contributed by atoms with Gasteiger partial charge in [0, 0.05) is 0 Å². The number of hydrogen-bond donors (Lipinski definition) is 2. The SMILES string of the molecule is NC(=O)NN=Cc1cccc(OC(=O)c2ccccc2Cl)c1. The normalized spacial score (nSPS) is 10.4. The molecule has 0 spiro atoms. The van der Waals surface area contributed by atoms with Crippen LogP contribution in [0.25, 0.3) is 0 Å². The highest BCUT2D eigenvalue weighted by Crippen LogP contribution is 2.19. The van der Waals surface area contributed by atoms with Gasteiger partial charge in [0.15, 0.2) is 0 Å². The Morgan fingerprint density at radius 1 is 1.18 bits per heavy atom. The number of carbonyl (C=O) groups is 2. The fourth-order valence-electron chi connectivity index (χ4n) is 1.62. The minimum absolute atomic E-state index is 0.277. The van der Waals surface area contributed by atoms with Crippen LogP contribution in [-0.4, -0.2) is 18.2 Å². The van der Waals surface area contributed by atoms with Gasteiger partial charge >= 0.3 is 12.0 Å². The van der Waals surface area contributed by atoms with Crippen molar-refractivity contribution in [1.82, 2.24) is 5.43 Å². The number of benzene rings is 2. The van der Waals surface area contributed by atoms with Gasteiger partial charge in [-0.1, -0.05) is 35.9 Å². The second-order valence-corrected chi connectivity index (χ2v) is 4.58. The summed E-state index contributed by atoms with van der Waals surface area (Å²) < 4.78 is 5.25. The first-order valence-electron chi connectivity index (χ1n) is 6.21. The summed E-state index contributed by atoms with van der Waals surface area (Å²) >= 11 is 5.94. The highest BCUT2D eigenvalue weighted by Gasteiger charge is 2.12. The number of ether oxygens (including phenoxy) is 1. The van der Waals surface area contributed by atoms with Gasteiger partial charge in [0.25, 0.3) is 0 Å². The van der Waals surface area contributed by atoms with E-state index in [1.807, 2.05) is 0 Å². The highest BCUT2D eigenvalue weighted by molar-refractivity contribution is 6.33. The topological polar surface area (TPSA) is 93.8 Å². The van der Waals surface area contributed by atoms with Crippen LogP contribution in [0.3, 0.4) is 0 Å². The standard InChI is InChI=1S/C15H12ClN3O3/c16-13-7-2-1-6-12(13)14(20)22-11-5-3-4-10(8-11)9-18-19-15(17)21/h1-9H,(H3,17,19,21). The van der Waals surface area contributed by atoms with Crippen LogP contribution in [0.1, 0.15) is 15.9 Å². The predicted octanol–water partition coefficient (Wildman–Crippen LogP) is 2.56. The first-order chi connectivity index (χ1) is 10.6. The van der Waals surface area contributed by atoms with Crippen LogP contribution in [0.2, 0.25) is 5.02 Å². The summed E-state index contributed by atoms with van der Waals surface area (Å²) in [6.45, 7) is 0. The molecule has 2 rings (SSSR count). The number of amides is 2. The predicted molar refractivity (Wildman–Crippen MR) is 83.2 cm³/mol. The van der Waals surface area contributed by atoms with Crippen LogP contribution in [0.5, 0.6) is 5.75 Å². The third kappa shape index (κ3) is 4.32. The number of primary amides is 1. The Bertz CT molecular complexity index is 731. The largest absolute Gasteiger partial charge is 0.423 e. The van der Waals surface area contributed by atoms with Crippen LogP contribution in [-0.2, 0) is 0 Å². The van der Waals surface area contributed by atoms with Crippen LogP contribution >= 0.6 is 11.6 Å². The van der Waals surface area contributed by atoms with Gasteiger partial charge in [-0.3, -0.25) is 0 Å². The molecule has 0 saturated heterocycles. The summed E-state index contributed by atoms with van der Waals surface area (Å²) in [4.78, 5) is 22.5. The molecule has 2 aromatic rings. The number of rotatable bonds is 4. The van der Waals surface area contributed by atoms with Crippen LogP contribution in [0.15, 0.2) is 53.6 Å². The maximum Gasteiger partial charge on any atom is 0.345 e. The van der Waals surface area contributed by atoms with Gasteiger partial charge in [-0.05, 0) is 29.8 Å². The lowest BCUT2D eigenvalue weighted by molar-refractivity contribution is 0.0735. The van der Waals surface area contributed by atoms with E-state index < -0.39 is 12.0 Å². The maximum atomic E-state index is 12.0. The van der Waals surface area contributed by atoms with E-state index in [2.05, 4.69) is 10.5 Å². The minimum atomic E-state index is -0.766. The highest BCUT2D eigenvalue weighted by atomic mass is 35.5. The number of nitrogens with two attached hydrogens (primary N) is 1. The number of esters is 1. The minimum Gasteiger partial charge on any atom is -0.423 e. The number of urea groups is 1. The summed E-state index contributed by atoms with van der Waals surface area (Å²) in [5.74, 6) is -0.233. The van der Waals surface area contributed by atoms with Crippen molar-refractivity contribution in [3.05, 3.63) is 64.7 Å². The van der Waals surface area contributed by atoms with Crippen molar-refractivity contribution >= 4 is 29.8 Å². The van der Waals surface area contributed by atoms with E-state index in [1.165, 1.54) is 6.21 Å². The zero-order valence-electron chi connectivity index (χ0n) is 11.3. The van der Waals surface area contributed by atoms with E-state index in [-0.39, 0.29) is 5.56 Å². The Labute approximate surface area is 131 Å². The molecule has 2 aromatic carbocycles. The lowest BCUT2D eigenvalue weighted by Gasteiger charge is -2.06. The molecular formula is C15H12ClN3O3. The van der Waals surface area contributed by atoms with Crippen LogP contribution in [0.4, 0.5) is 4.79 Å². The molecule has 0 aliphatic rings. The second kappa shape index (κ2) is 7.24. The Morgan fingerprint density at radius 2 is 1.95 bits per heavy atom. The lowest BCUT2D eigenvalue weighted by atomic mass is 10.2. The van der Waals surface area contributed by atoms with E-state index >= 15 is 0 Å². The summed E-state index contributed by atoms with van der Waals surface area (Å²) in [6, 6.07) is 12.4. The molecule has 6 nitrogen and oxygen atoms in total. The first kappa shape index (κ1) is 15.5. The number of nitrogens with one attached hydrogen (secondary N) is 1. The third-order valence-electron chi connectivity index (χ3n) is 2.55. The molecule has 112 valence electrons. The van der Waals surface area contributed by atoms with Gasteiger partial charge in [-0.15, -0.1) is 0 Å². The molecule has 0 bridgehead atoms. The number of nitrogens with zero attached hydrogens (tertiary/aromatic N) is 1. The number of hydrazone groups is 1. The summed E-state index contributed by atoms with van der Waals surface area (Å²) in [6.07, 6.45) is 1.37. The van der Waals surface area contributed by atoms with Gasteiger partial charge in [-0.25, -0.2) is 15.0 Å². The summed E-state index contributed by atoms with van der Waals surface area (Å²) in [5, 5.41) is 3.94. The van der Waals surface area contributed by atoms with Gasteiger partial charge in [0.2, 0.25) is 0 Å². The molecule has 0 radical (unpaired) electrons. The molecular weight excluding hydrogens is 306 g/mol. The van der Waals surface area contributed by atoms with E-state index in [4.69, 9.17) is 22.1 Å².